The van der Waals surface area contributed by atoms with Gasteiger partial charge >= 0.3 is 0 Å². The van der Waals surface area contributed by atoms with Crippen molar-refractivity contribution in [3.63, 3.8) is 0 Å². The molecule has 0 aromatic rings. The van der Waals surface area contributed by atoms with E-state index in [-0.39, 0.29) is 29.7 Å². The van der Waals surface area contributed by atoms with Crippen LogP contribution in [0.15, 0.2) is 12.7 Å². The lowest BCUT2D eigenvalue weighted by Crippen LogP contribution is -2.66. The van der Waals surface area contributed by atoms with Gasteiger partial charge in [-0.15, -0.1) is 6.58 Å². The minimum atomic E-state index is -0.391. The molecule has 1 N–H and O–H groups in total. The second-order valence-corrected chi connectivity index (χ2v) is 5.34. The third kappa shape index (κ3) is 2.74. The van der Waals surface area contributed by atoms with Gasteiger partial charge in [0.2, 0.25) is 11.8 Å². The maximum Gasteiger partial charge on any atom is 0.246 e. The lowest BCUT2D eigenvalue weighted by Gasteiger charge is -2.42. The SMILES string of the molecule is C=CCN1C(=O)C(C(C)CC)NC(=O)C1C(C)C. The molecule has 2 amide bonds. The Morgan fingerprint density at radius 2 is 2.00 bits per heavy atom. The molecular weight excluding hydrogens is 228 g/mol. The summed E-state index contributed by atoms with van der Waals surface area (Å²) in [5, 5.41) is 2.87. The van der Waals surface area contributed by atoms with Gasteiger partial charge in [0.25, 0.3) is 0 Å². The van der Waals surface area contributed by atoms with Crippen molar-refractivity contribution in [3.8, 4) is 0 Å². The molecule has 0 aromatic carbocycles. The van der Waals surface area contributed by atoms with E-state index in [1.807, 2.05) is 27.7 Å². The van der Waals surface area contributed by atoms with Gasteiger partial charge in [0, 0.05) is 6.54 Å². The first-order valence-corrected chi connectivity index (χ1v) is 6.65. The molecule has 0 spiro atoms. The second kappa shape index (κ2) is 6.03. The number of amides is 2. The van der Waals surface area contributed by atoms with E-state index in [0.29, 0.717) is 6.54 Å². The molecule has 1 fully saturated rings. The number of piperazine rings is 1. The maximum absolute atomic E-state index is 12.4. The van der Waals surface area contributed by atoms with Crippen LogP contribution in [0.25, 0.3) is 0 Å². The van der Waals surface area contributed by atoms with Crippen LogP contribution in [0.5, 0.6) is 0 Å². The zero-order valence-electron chi connectivity index (χ0n) is 11.8. The Bertz CT molecular complexity index is 339. The molecule has 1 aliphatic rings. The lowest BCUT2D eigenvalue weighted by atomic mass is 9.91. The second-order valence-electron chi connectivity index (χ2n) is 5.34. The van der Waals surface area contributed by atoms with Crippen molar-refractivity contribution >= 4 is 11.8 Å². The van der Waals surface area contributed by atoms with Crippen LogP contribution < -0.4 is 5.32 Å². The highest BCUT2D eigenvalue weighted by Gasteiger charge is 2.42. The van der Waals surface area contributed by atoms with E-state index in [9.17, 15) is 9.59 Å². The Kier molecular flexibility index (Phi) is 4.93. The van der Waals surface area contributed by atoms with Crippen molar-refractivity contribution < 1.29 is 9.59 Å². The highest BCUT2D eigenvalue weighted by Crippen LogP contribution is 2.21. The first-order chi connectivity index (χ1) is 8.43. The average Bonchev–Trinajstić information content (AvgIpc) is 2.32. The monoisotopic (exact) mass is 252 g/mol. The molecule has 3 unspecified atom stereocenters. The van der Waals surface area contributed by atoms with Gasteiger partial charge < -0.3 is 10.2 Å². The Balaban J connectivity index is 3.00. The van der Waals surface area contributed by atoms with Crippen molar-refractivity contribution in [2.45, 2.75) is 46.2 Å². The first kappa shape index (κ1) is 14.7. The third-order valence-electron chi connectivity index (χ3n) is 3.62. The number of nitrogens with one attached hydrogen (secondary N) is 1. The molecule has 1 rings (SSSR count). The number of hydrogen-bond donors (Lipinski definition) is 1. The van der Waals surface area contributed by atoms with E-state index in [1.54, 1.807) is 11.0 Å². The smallest absolute Gasteiger partial charge is 0.246 e. The minimum absolute atomic E-state index is 0.0163. The molecule has 1 heterocycles. The fourth-order valence-electron chi connectivity index (χ4n) is 2.38. The number of carbonyl (C=O) groups excluding carboxylic acids is 2. The van der Waals surface area contributed by atoms with Crippen LogP contribution in [0.3, 0.4) is 0 Å². The number of rotatable bonds is 5. The fraction of sp³-hybridized carbons (Fsp3) is 0.714. The van der Waals surface area contributed by atoms with E-state index in [4.69, 9.17) is 0 Å². The molecule has 0 aliphatic carbocycles. The third-order valence-corrected chi connectivity index (χ3v) is 3.62. The fourth-order valence-corrected chi connectivity index (χ4v) is 2.38. The number of nitrogens with zero attached hydrogens (tertiary/aromatic N) is 1. The molecule has 3 atom stereocenters. The zero-order chi connectivity index (χ0) is 13.9. The van der Waals surface area contributed by atoms with Crippen LogP contribution in [0.4, 0.5) is 0 Å². The zero-order valence-corrected chi connectivity index (χ0v) is 11.8. The van der Waals surface area contributed by atoms with Crippen molar-refractivity contribution in [1.29, 1.82) is 0 Å². The normalized spacial score (nSPS) is 26.2. The molecule has 4 nitrogen and oxygen atoms in total. The van der Waals surface area contributed by atoms with Crippen LogP contribution in [-0.2, 0) is 9.59 Å². The van der Waals surface area contributed by atoms with Gasteiger partial charge in [0.15, 0.2) is 0 Å². The standard InChI is InChI=1S/C14H24N2O2/c1-6-8-16-12(9(3)4)13(17)15-11(14(16)18)10(5)7-2/h6,9-12H,1,7-8H2,2-5H3,(H,15,17). The molecule has 0 saturated carbocycles. The van der Waals surface area contributed by atoms with Crippen LogP contribution in [0.2, 0.25) is 0 Å². The predicted octanol–water partition coefficient (Wildman–Crippen LogP) is 1.57. The summed E-state index contributed by atoms with van der Waals surface area (Å²) >= 11 is 0. The summed E-state index contributed by atoms with van der Waals surface area (Å²) in [7, 11) is 0. The van der Waals surface area contributed by atoms with Gasteiger partial charge in [-0.1, -0.05) is 40.2 Å². The van der Waals surface area contributed by atoms with E-state index in [2.05, 4.69) is 11.9 Å². The van der Waals surface area contributed by atoms with Crippen LogP contribution in [0, 0.1) is 11.8 Å². The Labute approximate surface area is 109 Å². The summed E-state index contributed by atoms with van der Waals surface area (Å²) in [5.74, 6) is 0.230. The van der Waals surface area contributed by atoms with Gasteiger partial charge in [-0.2, -0.15) is 0 Å². The van der Waals surface area contributed by atoms with Crippen molar-refractivity contribution in [3.05, 3.63) is 12.7 Å². The maximum atomic E-state index is 12.4. The summed E-state index contributed by atoms with van der Waals surface area (Å²) in [6.45, 7) is 12.0. The van der Waals surface area contributed by atoms with Crippen molar-refractivity contribution in [2.24, 2.45) is 11.8 Å². The van der Waals surface area contributed by atoms with E-state index in [1.165, 1.54) is 0 Å². The average molecular weight is 252 g/mol. The number of carbonyl (C=O) groups is 2. The van der Waals surface area contributed by atoms with Crippen LogP contribution >= 0.6 is 0 Å². The molecule has 102 valence electrons. The summed E-state index contributed by atoms with van der Waals surface area (Å²) < 4.78 is 0. The highest BCUT2D eigenvalue weighted by molar-refractivity contribution is 5.97. The van der Waals surface area contributed by atoms with Crippen LogP contribution in [0.1, 0.15) is 34.1 Å². The summed E-state index contributed by atoms with van der Waals surface area (Å²) in [5.41, 5.74) is 0. The van der Waals surface area contributed by atoms with Crippen molar-refractivity contribution in [1.82, 2.24) is 10.2 Å². The topological polar surface area (TPSA) is 49.4 Å². The molecule has 0 radical (unpaired) electrons. The molecule has 4 heteroatoms. The minimum Gasteiger partial charge on any atom is -0.342 e. The van der Waals surface area contributed by atoms with Gasteiger partial charge in [-0.3, -0.25) is 9.59 Å². The highest BCUT2D eigenvalue weighted by atomic mass is 16.2. The van der Waals surface area contributed by atoms with Crippen LogP contribution in [-0.4, -0.2) is 35.3 Å². The van der Waals surface area contributed by atoms with E-state index >= 15 is 0 Å². The Morgan fingerprint density at radius 3 is 2.44 bits per heavy atom. The van der Waals surface area contributed by atoms with Gasteiger partial charge in [0.05, 0.1) is 0 Å². The largest absolute Gasteiger partial charge is 0.342 e. The van der Waals surface area contributed by atoms with Crippen molar-refractivity contribution in [2.75, 3.05) is 6.54 Å². The molecule has 1 aliphatic heterocycles. The lowest BCUT2D eigenvalue weighted by molar-refractivity contribution is -0.151. The van der Waals surface area contributed by atoms with E-state index in [0.717, 1.165) is 6.42 Å². The van der Waals surface area contributed by atoms with E-state index < -0.39 is 6.04 Å². The molecule has 18 heavy (non-hydrogen) atoms. The van der Waals surface area contributed by atoms with Gasteiger partial charge in [-0.05, 0) is 11.8 Å². The van der Waals surface area contributed by atoms with Gasteiger partial charge in [-0.25, -0.2) is 0 Å². The summed E-state index contributed by atoms with van der Waals surface area (Å²) in [4.78, 5) is 26.3. The summed E-state index contributed by atoms with van der Waals surface area (Å²) in [6, 6.07) is -0.770. The molecule has 0 bridgehead atoms. The summed E-state index contributed by atoms with van der Waals surface area (Å²) in [6.07, 6.45) is 2.55. The Morgan fingerprint density at radius 1 is 1.39 bits per heavy atom. The van der Waals surface area contributed by atoms with Gasteiger partial charge in [0.1, 0.15) is 12.1 Å². The quantitative estimate of drug-likeness (QED) is 0.755. The molecule has 1 saturated heterocycles. The Hall–Kier alpha value is -1.32. The first-order valence-electron chi connectivity index (χ1n) is 6.65. The predicted molar refractivity (Wildman–Crippen MR) is 71.9 cm³/mol. The molecule has 0 aromatic heterocycles. The molecular formula is C14H24N2O2. The number of hydrogen-bond acceptors (Lipinski definition) is 2.